The van der Waals surface area contributed by atoms with Crippen molar-refractivity contribution in [1.29, 1.82) is 0 Å². The number of hydrogen-bond acceptors (Lipinski definition) is 3. The van der Waals surface area contributed by atoms with E-state index in [1.807, 2.05) is 42.5 Å². The molecule has 0 radical (unpaired) electrons. The van der Waals surface area contributed by atoms with Crippen LogP contribution >= 0.6 is 0 Å². The summed E-state index contributed by atoms with van der Waals surface area (Å²) in [6.07, 6.45) is 0. The van der Waals surface area contributed by atoms with Crippen LogP contribution in [0.4, 0.5) is 4.79 Å². The van der Waals surface area contributed by atoms with Crippen LogP contribution in [0, 0.1) is 0 Å². The lowest BCUT2D eigenvalue weighted by Crippen LogP contribution is -2.56. The summed E-state index contributed by atoms with van der Waals surface area (Å²) in [5.74, 6) is 0.0280. The van der Waals surface area contributed by atoms with Crippen molar-refractivity contribution in [2.24, 2.45) is 0 Å². The molecule has 1 aliphatic heterocycles. The lowest BCUT2D eigenvalue weighted by molar-refractivity contribution is 0.177. The average molecular weight is 346 g/mol. The Morgan fingerprint density at radius 2 is 1.88 bits per heavy atom. The Hall–Kier alpha value is -2.08. The molecule has 0 bridgehead atoms. The molecule has 1 fully saturated rings. The Morgan fingerprint density at radius 3 is 2.67 bits per heavy atom. The van der Waals surface area contributed by atoms with Gasteiger partial charge in [-0.05, 0) is 30.2 Å². The van der Waals surface area contributed by atoms with Crippen molar-refractivity contribution in [2.45, 2.75) is 31.7 Å². The average Bonchev–Trinajstić information content (AvgIpc) is 2.58. The van der Waals surface area contributed by atoms with E-state index in [0.29, 0.717) is 6.54 Å². The highest BCUT2D eigenvalue weighted by Crippen LogP contribution is 2.21. The molecule has 0 spiro atoms. The van der Waals surface area contributed by atoms with Crippen molar-refractivity contribution in [3.8, 4) is 0 Å². The summed E-state index contributed by atoms with van der Waals surface area (Å²) < 4.78 is 23.9. The first-order chi connectivity index (χ1) is 11.4. The molecule has 2 atom stereocenters. The third kappa shape index (κ3) is 3.11. The summed E-state index contributed by atoms with van der Waals surface area (Å²) in [5, 5.41) is 4.65. The van der Waals surface area contributed by atoms with E-state index in [1.54, 1.807) is 18.7 Å². The number of hydrogen-bond donors (Lipinski definition) is 1. The van der Waals surface area contributed by atoms with Gasteiger partial charge in [0, 0.05) is 19.1 Å². The van der Waals surface area contributed by atoms with Gasteiger partial charge in [-0.3, -0.25) is 0 Å². The second kappa shape index (κ2) is 6.43. The number of benzene rings is 2. The van der Waals surface area contributed by atoms with Crippen LogP contribution in [0.2, 0.25) is 0 Å². The van der Waals surface area contributed by atoms with Crippen LogP contribution in [-0.4, -0.2) is 42.9 Å². The van der Waals surface area contributed by atoms with Crippen molar-refractivity contribution in [2.75, 3.05) is 12.3 Å². The molecule has 5 nitrogen and oxygen atoms in total. The SMILES string of the molecule is C[C@@H]1[C@H](C)S(=O)(=O)CCN1C(=O)NCc1cccc2ccccc12. The zero-order valence-electron chi connectivity index (χ0n) is 13.9. The molecule has 0 aromatic heterocycles. The largest absolute Gasteiger partial charge is 0.334 e. The number of carbonyl (C=O) groups excluding carboxylic acids is 1. The van der Waals surface area contributed by atoms with Gasteiger partial charge < -0.3 is 10.2 Å². The van der Waals surface area contributed by atoms with E-state index < -0.39 is 15.1 Å². The number of nitrogens with one attached hydrogen (secondary N) is 1. The van der Waals surface area contributed by atoms with Gasteiger partial charge in [-0.15, -0.1) is 0 Å². The fraction of sp³-hybridized carbons (Fsp3) is 0.389. The lowest BCUT2D eigenvalue weighted by Gasteiger charge is -2.37. The van der Waals surface area contributed by atoms with Crippen LogP contribution in [0.25, 0.3) is 10.8 Å². The monoisotopic (exact) mass is 346 g/mol. The molecule has 0 aliphatic carbocycles. The molecule has 3 rings (SSSR count). The normalized spacial score (nSPS) is 23.2. The van der Waals surface area contributed by atoms with Crippen LogP contribution in [0.1, 0.15) is 19.4 Å². The van der Waals surface area contributed by atoms with Gasteiger partial charge in [0.15, 0.2) is 9.84 Å². The van der Waals surface area contributed by atoms with Crippen molar-refractivity contribution >= 4 is 26.6 Å². The third-order valence-corrected chi connectivity index (χ3v) is 7.20. The summed E-state index contributed by atoms with van der Waals surface area (Å²) in [7, 11) is -3.09. The first kappa shape index (κ1) is 16.8. The zero-order valence-corrected chi connectivity index (χ0v) is 14.7. The Labute approximate surface area is 142 Å². The Morgan fingerprint density at radius 1 is 1.17 bits per heavy atom. The minimum Gasteiger partial charge on any atom is -0.334 e. The van der Waals surface area contributed by atoms with Crippen LogP contribution < -0.4 is 5.32 Å². The Kier molecular flexibility index (Phi) is 4.49. The van der Waals surface area contributed by atoms with Gasteiger partial charge in [-0.2, -0.15) is 0 Å². The molecule has 0 unspecified atom stereocenters. The number of amides is 2. The predicted molar refractivity (Wildman–Crippen MR) is 95.6 cm³/mol. The predicted octanol–water partition coefficient (Wildman–Crippen LogP) is 2.56. The fourth-order valence-corrected chi connectivity index (χ4v) is 4.74. The van der Waals surface area contributed by atoms with Crippen molar-refractivity contribution in [1.82, 2.24) is 10.2 Å². The highest BCUT2D eigenvalue weighted by atomic mass is 32.2. The summed E-state index contributed by atoms with van der Waals surface area (Å²) in [4.78, 5) is 14.1. The molecular formula is C18H22N2O3S. The Bertz CT molecular complexity index is 858. The van der Waals surface area contributed by atoms with E-state index in [9.17, 15) is 13.2 Å². The van der Waals surface area contributed by atoms with Crippen molar-refractivity contribution in [3.63, 3.8) is 0 Å². The quantitative estimate of drug-likeness (QED) is 0.909. The minimum atomic E-state index is -3.09. The first-order valence-electron chi connectivity index (χ1n) is 8.13. The lowest BCUT2D eigenvalue weighted by atomic mass is 10.0. The van der Waals surface area contributed by atoms with Gasteiger partial charge in [0.2, 0.25) is 0 Å². The van der Waals surface area contributed by atoms with Gasteiger partial charge in [0.25, 0.3) is 0 Å². The molecule has 2 aromatic rings. The van der Waals surface area contributed by atoms with E-state index in [-0.39, 0.29) is 24.4 Å². The van der Waals surface area contributed by atoms with E-state index >= 15 is 0 Å². The van der Waals surface area contributed by atoms with Gasteiger partial charge in [0.1, 0.15) is 0 Å². The highest BCUT2D eigenvalue weighted by Gasteiger charge is 2.37. The van der Waals surface area contributed by atoms with E-state index in [1.165, 1.54) is 0 Å². The van der Waals surface area contributed by atoms with E-state index in [0.717, 1.165) is 16.3 Å². The van der Waals surface area contributed by atoms with Crippen LogP contribution in [-0.2, 0) is 16.4 Å². The maximum atomic E-state index is 12.5. The molecule has 1 aliphatic rings. The van der Waals surface area contributed by atoms with E-state index in [2.05, 4.69) is 5.32 Å². The molecule has 1 saturated heterocycles. The van der Waals surface area contributed by atoms with Crippen molar-refractivity contribution in [3.05, 3.63) is 48.0 Å². The molecule has 6 heteroatoms. The standard InChI is InChI=1S/C18H22N2O3S/c1-13-14(2)24(22,23)11-10-20(13)18(21)19-12-16-8-5-7-15-6-3-4-9-17(15)16/h3-9,13-14H,10-12H2,1-2H3,(H,19,21)/t13-,14+/m1/s1. The summed E-state index contributed by atoms with van der Waals surface area (Å²) in [6, 6.07) is 13.5. The molecule has 2 aromatic carbocycles. The zero-order chi connectivity index (χ0) is 17.3. The molecule has 24 heavy (non-hydrogen) atoms. The summed E-state index contributed by atoms with van der Waals surface area (Å²) in [6.45, 7) is 4.13. The second-order valence-corrected chi connectivity index (χ2v) is 8.78. The maximum Gasteiger partial charge on any atom is 0.317 e. The minimum absolute atomic E-state index is 0.0280. The molecule has 128 valence electrons. The summed E-state index contributed by atoms with van der Waals surface area (Å²) >= 11 is 0. The van der Waals surface area contributed by atoms with Gasteiger partial charge in [-0.1, -0.05) is 42.5 Å². The maximum absolute atomic E-state index is 12.5. The number of rotatable bonds is 2. The van der Waals surface area contributed by atoms with E-state index in [4.69, 9.17) is 0 Å². The van der Waals surface area contributed by atoms with Gasteiger partial charge in [-0.25, -0.2) is 13.2 Å². The summed E-state index contributed by atoms with van der Waals surface area (Å²) in [5.41, 5.74) is 1.05. The number of nitrogens with zero attached hydrogens (tertiary/aromatic N) is 1. The molecule has 1 N–H and O–H groups in total. The third-order valence-electron chi connectivity index (χ3n) is 4.92. The molecule has 0 saturated carbocycles. The smallest absolute Gasteiger partial charge is 0.317 e. The van der Waals surface area contributed by atoms with Crippen LogP contribution in [0.15, 0.2) is 42.5 Å². The first-order valence-corrected chi connectivity index (χ1v) is 9.84. The van der Waals surface area contributed by atoms with Crippen LogP contribution in [0.3, 0.4) is 0 Å². The molecule has 2 amide bonds. The Balaban J connectivity index is 1.71. The van der Waals surface area contributed by atoms with Crippen LogP contribution in [0.5, 0.6) is 0 Å². The molecular weight excluding hydrogens is 324 g/mol. The van der Waals surface area contributed by atoms with Gasteiger partial charge in [0.05, 0.1) is 11.0 Å². The number of sulfone groups is 1. The number of carbonyl (C=O) groups is 1. The van der Waals surface area contributed by atoms with Gasteiger partial charge >= 0.3 is 6.03 Å². The highest BCUT2D eigenvalue weighted by molar-refractivity contribution is 7.92. The van der Waals surface area contributed by atoms with Crippen molar-refractivity contribution < 1.29 is 13.2 Å². The number of fused-ring (bicyclic) bond motifs is 1. The molecule has 1 heterocycles. The fourth-order valence-electron chi connectivity index (χ4n) is 3.17. The number of urea groups is 1. The second-order valence-electron chi connectivity index (χ2n) is 6.30. The topological polar surface area (TPSA) is 66.5 Å².